The van der Waals surface area contributed by atoms with Crippen LogP contribution in [0.1, 0.15) is 44.2 Å². The number of hydrogen-bond acceptors (Lipinski definition) is 2. The van der Waals surface area contributed by atoms with E-state index >= 15 is 0 Å². The third kappa shape index (κ3) is 3.51. The Morgan fingerprint density at radius 3 is 2.21 bits per heavy atom. The highest BCUT2D eigenvalue weighted by Crippen LogP contribution is 2.37. The smallest absolute Gasteiger partial charge is 0.0377 e. The van der Waals surface area contributed by atoms with Gasteiger partial charge >= 0.3 is 0 Å². The zero-order valence-electron chi connectivity index (χ0n) is 11.6. The summed E-state index contributed by atoms with van der Waals surface area (Å²) in [6.45, 7) is 4.51. The first kappa shape index (κ1) is 13.4. The summed E-state index contributed by atoms with van der Waals surface area (Å²) in [5.41, 5.74) is 8.53. The summed E-state index contributed by atoms with van der Waals surface area (Å²) in [6.07, 6.45) is 5.67. The van der Waals surface area contributed by atoms with Gasteiger partial charge in [0.05, 0.1) is 0 Å². The zero-order valence-corrected chi connectivity index (χ0v) is 13.2. The number of nitrogens with zero attached hydrogens (tertiary/aromatic N) is 1. The first-order valence-electron chi connectivity index (χ1n) is 7.43. The number of nitrogens with two attached hydrogens (primary N) is 1. The monoisotopic (exact) mass is 322 g/mol. The minimum Gasteiger partial charge on any atom is -0.371 e. The molecule has 2 saturated carbocycles. The average Bonchev–Trinajstić information content (AvgIpc) is 3.22. The van der Waals surface area contributed by atoms with Crippen LogP contribution >= 0.6 is 15.9 Å². The van der Waals surface area contributed by atoms with Gasteiger partial charge in [0.25, 0.3) is 0 Å². The Morgan fingerprint density at radius 1 is 1.21 bits per heavy atom. The Balaban J connectivity index is 1.77. The van der Waals surface area contributed by atoms with Crippen molar-refractivity contribution >= 4 is 21.6 Å². The van der Waals surface area contributed by atoms with E-state index in [1.807, 2.05) is 6.92 Å². The lowest BCUT2D eigenvalue weighted by atomic mass is 10.1. The second kappa shape index (κ2) is 5.45. The van der Waals surface area contributed by atoms with E-state index in [1.165, 1.54) is 50.0 Å². The highest BCUT2D eigenvalue weighted by molar-refractivity contribution is 9.10. The van der Waals surface area contributed by atoms with E-state index in [9.17, 15) is 0 Å². The molecular formula is C16H23BrN2. The molecule has 1 aromatic carbocycles. The van der Waals surface area contributed by atoms with E-state index in [2.05, 4.69) is 39.0 Å². The molecule has 2 N–H and O–H groups in total. The fourth-order valence-electron chi connectivity index (χ4n) is 2.59. The molecule has 2 fully saturated rings. The number of rotatable bonds is 6. The molecule has 1 unspecified atom stereocenters. The fourth-order valence-corrected chi connectivity index (χ4v) is 3.32. The number of hydrogen-bond donors (Lipinski definition) is 1. The van der Waals surface area contributed by atoms with Gasteiger partial charge < -0.3 is 10.6 Å². The van der Waals surface area contributed by atoms with Gasteiger partial charge in [0, 0.05) is 29.3 Å². The SMILES string of the molecule is CC(N)c1ccc(N(CC2CC2)CC2CC2)cc1Br. The molecule has 0 aliphatic heterocycles. The molecule has 0 heterocycles. The van der Waals surface area contributed by atoms with Gasteiger partial charge in [0.2, 0.25) is 0 Å². The van der Waals surface area contributed by atoms with E-state index < -0.39 is 0 Å². The van der Waals surface area contributed by atoms with Crippen LogP contribution in [0.3, 0.4) is 0 Å². The maximum Gasteiger partial charge on any atom is 0.0377 e. The molecule has 0 bridgehead atoms. The summed E-state index contributed by atoms with van der Waals surface area (Å²) in [5, 5.41) is 0. The lowest BCUT2D eigenvalue weighted by Crippen LogP contribution is -2.28. The molecule has 0 aromatic heterocycles. The van der Waals surface area contributed by atoms with Crippen molar-refractivity contribution in [2.75, 3.05) is 18.0 Å². The van der Waals surface area contributed by atoms with Gasteiger partial charge in [-0.05, 0) is 62.1 Å². The maximum atomic E-state index is 5.98. The van der Waals surface area contributed by atoms with E-state index in [0.29, 0.717) is 0 Å². The second-order valence-electron chi connectivity index (χ2n) is 6.29. The lowest BCUT2D eigenvalue weighted by Gasteiger charge is -2.26. The zero-order chi connectivity index (χ0) is 13.4. The van der Waals surface area contributed by atoms with Crippen molar-refractivity contribution in [3.63, 3.8) is 0 Å². The van der Waals surface area contributed by atoms with Crippen molar-refractivity contribution in [3.8, 4) is 0 Å². The average molecular weight is 323 g/mol. The number of anilines is 1. The Morgan fingerprint density at radius 2 is 1.79 bits per heavy atom. The van der Waals surface area contributed by atoms with Gasteiger partial charge in [-0.1, -0.05) is 22.0 Å². The number of benzene rings is 1. The Bertz CT molecular complexity index is 436. The van der Waals surface area contributed by atoms with Crippen LogP contribution in [0.4, 0.5) is 5.69 Å². The van der Waals surface area contributed by atoms with Crippen LogP contribution in [0.25, 0.3) is 0 Å². The molecular weight excluding hydrogens is 300 g/mol. The molecule has 2 nitrogen and oxygen atoms in total. The third-order valence-corrected chi connectivity index (χ3v) is 4.88. The van der Waals surface area contributed by atoms with E-state index in [4.69, 9.17) is 5.73 Å². The van der Waals surface area contributed by atoms with Gasteiger partial charge in [0.1, 0.15) is 0 Å². The van der Waals surface area contributed by atoms with Crippen LogP contribution in [0.2, 0.25) is 0 Å². The van der Waals surface area contributed by atoms with Crippen LogP contribution in [-0.4, -0.2) is 13.1 Å². The van der Waals surface area contributed by atoms with Crippen molar-refractivity contribution in [2.24, 2.45) is 17.6 Å². The normalized spacial score (nSPS) is 20.4. The van der Waals surface area contributed by atoms with Crippen LogP contribution in [0.15, 0.2) is 22.7 Å². The minimum atomic E-state index is 0.0868. The molecule has 19 heavy (non-hydrogen) atoms. The summed E-state index contributed by atoms with van der Waals surface area (Å²) >= 11 is 3.67. The quantitative estimate of drug-likeness (QED) is 0.854. The van der Waals surface area contributed by atoms with Crippen LogP contribution in [0.5, 0.6) is 0 Å². The number of halogens is 1. The van der Waals surface area contributed by atoms with Crippen LogP contribution < -0.4 is 10.6 Å². The Kier molecular flexibility index (Phi) is 3.86. The molecule has 3 heteroatoms. The van der Waals surface area contributed by atoms with Gasteiger partial charge in [0.15, 0.2) is 0 Å². The predicted octanol–water partition coefficient (Wildman–Crippen LogP) is 4.10. The van der Waals surface area contributed by atoms with Gasteiger partial charge in [-0.3, -0.25) is 0 Å². The predicted molar refractivity (Wildman–Crippen MR) is 84.4 cm³/mol. The second-order valence-corrected chi connectivity index (χ2v) is 7.14. The topological polar surface area (TPSA) is 29.3 Å². The fraction of sp³-hybridized carbons (Fsp3) is 0.625. The summed E-state index contributed by atoms with van der Waals surface area (Å²) in [5.74, 6) is 1.87. The van der Waals surface area contributed by atoms with Crippen molar-refractivity contribution in [1.29, 1.82) is 0 Å². The van der Waals surface area contributed by atoms with Crippen molar-refractivity contribution in [3.05, 3.63) is 28.2 Å². The van der Waals surface area contributed by atoms with E-state index in [0.717, 1.165) is 16.3 Å². The van der Waals surface area contributed by atoms with Crippen molar-refractivity contribution < 1.29 is 0 Å². The lowest BCUT2D eigenvalue weighted by molar-refractivity contribution is 0.679. The molecule has 1 aromatic rings. The Hall–Kier alpha value is -0.540. The summed E-state index contributed by atoms with van der Waals surface area (Å²) in [4.78, 5) is 2.59. The van der Waals surface area contributed by atoms with Crippen LogP contribution in [-0.2, 0) is 0 Å². The van der Waals surface area contributed by atoms with Crippen molar-refractivity contribution in [2.45, 2.75) is 38.6 Å². The first-order chi connectivity index (χ1) is 9.13. The molecule has 2 aliphatic carbocycles. The third-order valence-electron chi connectivity index (χ3n) is 4.19. The molecule has 2 aliphatic rings. The van der Waals surface area contributed by atoms with Gasteiger partial charge in [-0.15, -0.1) is 0 Å². The van der Waals surface area contributed by atoms with Gasteiger partial charge in [-0.2, -0.15) is 0 Å². The molecule has 0 spiro atoms. The maximum absolute atomic E-state index is 5.98. The van der Waals surface area contributed by atoms with Gasteiger partial charge in [-0.25, -0.2) is 0 Å². The summed E-state index contributed by atoms with van der Waals surface area (Å²) in [7, 11) is 0. The van der Waals surface area contributed by atoms with E-state index in [-0.39, 0.29) is 6.04 Å². The van der Waals surface area contributed by atoms with E-state index in [1.54, 1.807) is 0 Å². The largest absolute Gasteiger partial charge is 0.371 e. The standard InChI is InChI=1S/C16H23BrN2/c1-11(18)15-7-6-14(8-16(15)17)19(9-12-2-3-12)10-13-4-5-13/h6-8,11-13H,2-5,9-10,18H2,1H3. The van der Waals surface area contributed by atoms with Crippen molar-refractivity contribution in [1.82, 2.24) is 0 Å². The minimum absolute atomic E-state index is 0.0868. The summed E-state index contributed by atoms with van der Waals surface area (Å²) in [6, 6.07) is 6.76. The molecule has 0 saturated heterocycles. The molecule has 1 atom stereocenters. The highest BCUT2D eigenvalue weighted by atomic mass is 79.9. The highest BCUT2D eigenvalue weighted by Gasteiger charge is 2.29. The molecule has 0 amide bonds. The first-order valence-corrected chi connectivity index (χ1v) is 8.22. The molecule has 104 valence electrons. The van der Waals surface area contributed by atoms with Crippen LogP contribution in [0, 0.1) is 11.8 Å². The Labute approximate surface area is 124 Å². The molecule has 0 radical (unpaired) electrons. The molecule has 3 rings (SSSR count). The summed E-state index contributed by atoms with van der Waals surface area (Å²) < 4.78 is 1.15.